The van der Waals surface area contributed by atoms with Gasteiger partial charge in [-0.25, -0.2) is 0 Å². The molecule has 0 radical (unpaired) electrons. The van der Waals surface area contributed by atoms with E-state index in [1.54, 1.807) is 18.7 Å². The van der Waals surface area contributed by atoms with Crippen molar-refractivity contribution in [3.63, 3.8) is 0 Å². The van der Waals surface area contributed by atoms with E-state index in [1.165, 1.54) is 0 Å². The van der Waals surface area contributed by atoms with Crippen LogP contribution in [0.1, 0.15) is 20.8 Å². The van der Waals surface area contributed by atoms with Crippen molar-refractivity contribution in [2.24, 2.45) is 0 Å². The molecule has 0 aliphatic carbocycles. The summed E-state index contributed by atoms with van der Waals surface area (Å²) in [6, 6.07) is 1.69. The molecule has 1 atom stereocenters. The van der Waals surface area contributed by atoms with Gasteiger partial charge in [0.05, 0.1) is 19.2 Å². The molecule has 0 aromatic rings. The lowest BCUT2D eigenvalue weighted by Crippen LogP contribution is -2.40. The molecule has 0 amide bonds. The maximum absolute atomic E-state index is 11.2. The van der Waals surface area contributed by atoms with Gasteiger partial charge in [0.25, 0.3) is 0 Å². The summed E-state index contributed by atoms with van der Waals surface area (Å²) >= 11 is 0. The van der Waals surface area contributed by atoms with Crippen LogP contribution in [0, 0.1) is 11.3 Å². The minimum Gasteiger partial charge on any atom is -0.465 e. The van der Waals surface area contributed by atoms with Gasteiger partial charge in [0, 0.05) is 0 Å². The molecule has 0 fully saturated rings. The Labute approximate surface area is 79.1 Å². The molecule has 4 heteroatoms. The van der Waals surface area contributed by atoms with Crippen molar-refractivity contribution >= 4 is 5.97 Å². The molecule has 0 aliphatic rings. The Bertz CT molecular complexity index is 198. The Morgan fingerprint density at radius 1 is 1.62 bits per heavy atom. The molecule has 0 saturated heterocycles. The van der Waals surface area contributed by atoms with Crippen LogP contribution in [0.2, 0.25) is 0 Å². The maximum atomic E-state index is 11.2. The molecule has 0 spiro atoms. The van der Waals surface area contributed by atoms with Crippen LogP contribution in [-0.2, 0) is 9.53 Å². The first-order valence-electron chi connectivity index (χ1n) is 4.44. The minimum atomic E-state index is -0.329. The normalized spacial score (nSPS) is 12.2. The van der Waals surface area contributed by atoms with Gasteiger partial charge in [-0.05, 0) is 20.4 Å². The largest absolute Gasteiger partial charge is 0.465 e. The fourth-order valence-corrected chi connectivity index (χ4v) is 1.03. The van der Waals surface area contributed by atoms with Gasteiger partial charge in [-0.2, -0.15) is 5.26 Å². The van der Waals surface area contributed by atoms with Crippen LogP contribution < -0.4 is 0 Å². The highest BCUT2D eigenvalue weighted by Crippen LogP contribution is 2.00. The van der Waals surface area contributed by atoms with Gasteiger partial charge < -0.3 is 4.74 Å². The number of carbonyl (C=O) groups is 1. The van der Waals surface area contributed by atoms with Gasteiger partial charge in [-0.3, -0.25) is 9.69 Å². The Morgan fingerprint density at radius 3 is 2.62 bits per heavy atom. The highest BCUT2D eigenvalue weighted by molar-refractivity contribution is 5.75. The molecule has 0 bridgehead atoms. The number of hydrogen-bond donors (Lipinski definition) is 0. The van der Waals surface area contributed by atoms with Crippen molar-refractivity contribution < 1.29 is 9.53 Å². The zero-order valence-corrected chi connectivity index (χ0v) is 8.41. The zero-order valence-electron chi connectivity index (χ0n) is 8.41. The van der Waals surface area contributed by atoms with Crippen molar-refractivity contribution in [1.82, 2.24) is 4.90 Å². The molecule has 0 saturated carbocycles. The topological polar surface area (TPSA) is 53.3 Å². The number of nitrogens with zero attached hydrogens (tertiary/aromatic N) is 2. The molecule has 1 unspecified atom stereocenters. The third-order valence-corrected chi connectivity index (χ3v) is 1.86. The minimum absolute atomic E-state index is 0.260. The second-order valence-electron chi connectivity index (χ2n) is 2.65. The Morgan fingerprint density at radius 2 is 2.23 bits per heavy atom. The van der Waals surface area contributed by atoms with Gasteiger partial charge in [0.15, 0.2) is 0 Å². The van der Waals surface area contributed by atoms with E-state index >= 15 is 0 Å². The van der Waals surface area contributed by atoms with E-state index < -0.39 is 0 Å². The van der Waals surface area contributed by atoms with E-state index in [0.29, 0.717) is 13.2 Å². The summed E-state index contributed by atoms with van der Waals surface area (Å²) in [7, 11) is 0. The number of rotatable bonds is 5. The van der Waals surface area contributed by atoms with Gasteiger partial charge in [-0.15, -0.1) is 0 Å². The lowest BCUT2D eigenvalue weighted by atomic mass is 10.3. The Balaban J connectivity index is 4.11. The lowest BCUT2D eigenvalue weighted by Gasteiger charge is -2.22. The molecule has 0 heterocycles. The van der Waals surface area contributed by atoms with Gasteiger partial charge in [-0.1, -0.05) is 6.92 Å². The predicted octanol–water partition coefficient (Wildman–Crippen LogP) is 0.783. The fourth-order valence-electron chi connectivity index (χ4n) is 1.03. The number of esters is 1. The van der Waals surface area contributed by atoms with Crippen molar-refractivity contribution in [3.05, 3.63) is 0 Å². The van der Waals surface area contributed by atoms with Crippen LogP contribution in [0.15, 0.2) is 0 Å². The first-order valence-corrected chi connectivity index (χ1v) is 4.44. The van der Waals surface area contributed by atoms with Gasteiger partial charge in [0.1, 0.15) is 6.04 Å². The van der Waals surface area contributed by atoms with E-state index in [9.17, 15) is 4.79 Å². The van der Waals surface area contributed by atoms with Crippen molar-refractivity contribution in [1.29, 1.82) is 5.26 Å². The third kappa shape index (κ3) is 3.90. The van der Waals surface area contributed by atoms with Crippen molar-refractivity contribution in [3.8, 4) is 6.07 Å². The molecule has 0 aliphatic heterocycles. The average Bonchev–Trinajstić information content (AvgIpc) is 2.13. The molecule has 0 aromatic carbocycles. The van der Waals surface area contributed by atoms with Crippen LogP contribution in [-0.4, -0.2) is 36.6 Å². The molecule has 13 heavy (non-hydrogen) atoms. The maximum Gasteiger partial charge on any atom is 0.323 e. The summed E-state index contributed by atoms with van der Waals surface area (Å²) in [6.45, 7) is 6.74. The summed E-state index contributed by atoms with van der Waals surface area (Å²) < 4.78 is 4.84. The molecular weight excluding hydrogens is 168 g/mol. The zero-order chi connectivity index (χ0) is 10.3. The quantitative estimate of drug-likeness (QED) is 0.468. The lowest BCUT2D eigenvalue weighted by molar-refractivity contribution is -0.148. The van der Waals surface area contributed by atoms with Crippen LogP contribution >= 0.6 is 0 Å². The summed E-state index contributed by atoms with van der Waals surface area (Å²) in [5.74, 6) is -0.264. The van der Waals surface area contributed by atoms with Crippen LogP contribution in [0.25, 0.3) is 0 Å². The second-order valence-corrected chi connectivity index (χ2v) is 2.65. The third-order valence-electron chi connectivity index (χ3n) is 1.86. The molecule has 0 aromatic heterocycles. The van der Waals surface area contributed by atoms with E-state index in [-0.39, 0.29) is 18.6 Å². The molecular formula is C9H16N2O2. The smallest absolute Gasteiger partial charge is 0.323 e. The number of ether oxygens (including phenoxy) is 1. The molecule has 74 valence electrons. The molecule has 4 nitrogen and oxygen atoms in total. The molecule has 0 N–H and O–H groups in total. The average molecular weight is 184 g/mol. The summed E-state index contributed by atoms with van der Waals surface area (Å²) in [6.07, 6.45) is 0. The second kappa shape index (κ2) is 6.44. The number of nitriles is 1. The fraction of sp³-hybridized carbons (Fsp3) is 0.778. The van der Waals surface area contributed by atoms with E-state index in [2.05, 4.69) is 0 Å². The standard InChI is InChI=1S/C9H16N2O2/c1-4-11(7-6-10)8(3)9(12)13-5-2/h8H,4-5,7H2,1-3H3. The van der Waals surface area contributed by atoms with Gasteiger partial charge >= 0.3 is 5.97 Å². The van der Waals surface area contributed by atoms with Gasteiger partial charge in [0.2, 0.25) is 0 Å². The summed E-state index contributed by atoms with van der Waals surface area (Å²) in [5, 5.41) is 8.48. The Hall–Kier alpha value is -1.08. The first-order chi connectivity index (χ1) is 6.17. The predicted molar refractivity (Wildman–Crippen MR) is 49.0 cm³/mol. The van der Waals surface area contributed by atoms with E-state index in [0.717, 1.165) is 0 Å². The van der Waals surface area contributed by atoms with Crippen LogP contribution in [0.4, 0.5) is 0 Å². The van der Waals surface area contributed by atoms with Crippen molar-refractivity contribution in [2.45, 2.75) is 26.8 Å². The number of hydrogen-bond acceptors (Lipinski definition) is 4. The van der Waals surface area contributed by atoms with Crippen LogP contribution in [0.5, 0.6) is 0 Å². The highest BCUT2D eigenvalue weighted by atomic mass is 16.5. The van der Waals surface area contributed by atoms with E-state index in [4.69, 9.17) is 10.00 Å². The highest BCUT2D eigenvalue weighted by Gasteiger charge is 2.20. The number of likely N-dealkylation sites (N-methyl/N-ethyl adjacent to an activating group) is 1. The summed E-state index contributed by atoms with van der Waals surface area (Å²) in [4.78, 5) is 13.0. The van der Waals surface area contributed by atoms with Crippen molar-refractivity contribution in [2.75, 3.05) is 19.7 Å². The monoisotopic (exact) mass is 184 g/mol. The van der Waals surface area contributed by atoms with E-state index in [1.807, 2.05) is 13.0 Å². The summed E-state index contributed by atoms with van der Waals surface area (Å²) in [5.41, 5.74) is 0. The van der Waals surface area contributed by atoms with Crippen LogP contribution in [0.3, 0.4) is 0 Å². The number of carbonyl (C=O) groups excluding carboxylic acids is 1. The Kier molecular flexibility index (Phi) is 5.90. The first kappa shape index (κ1) is 11.9. The molecule has 0 rings (SSSR count). The SMILES string of the molecule is CCOC(=O)C(C)N(CC)CC#N.